The third-order valence-electron chi connectivity index (χ3n) is 18.3. The molecule has 19 heteroatoms. The van der Waals surface area contributed by atoms with Crippen LogP contribution < -0.4 is 0 Å². The van der Waals surface area contributed by atoms with Gasteiger partial charge in [-0.25, -0.2) is 0 Å². The van der Waals surface area contributed by atoms with Gasteiger partial charge in [0.25, 0.3) is 0 Å². The van der Waals surface area contributed by atoms with Crippen molar-refractivity contribution < 1.29 is 94.1 Å². The van der Waals surface area contributed by atoms with Crippen molar-refractivity contribution in [2.45, 2.75) is 202 Å². The number of aliphatic hydroxyl groups is 11. The molecule has 0 amide bonds. The van der Waals surface area contributed by atoms with Gasteiger partial charge in [-0.3, -0.25) is 0 Å². The van der Waals surface area contributed by atoms with Crippen LogP contribution in [0.15, 0.2) is 0 Å². The first-order chi connectivity index (χ1) is 30.9. The summed E-state index contributed by atoms with van der Waals surface area (Å²) in [5.41, 5.74) is 0.150. The van der Waals surface area contributed by atoms with E-state index in [1.54, 1.807) is 7.11 Å². The van der Waals surface area contributed by atoms with Crippen molar-refractivity contribution >= 4 is 0 Å². The second-order valence-electron chi connectivity index (χ2n) is 21.6. The highest BCUT2D eigenvalue weighted by atomic mass is 16.8. The van der Waals surface area contributed by atoms with E-state index in [4.69, 9.17) is 37.9 Å². The lowest BCUT2D eigenvalue weighted by atomic mass is 9.44. The van der Waals surface area contributed by atoms with Crippen LogP contribution in [0.5, 0.6) is 0 Å². The quantitative estimate of drug-likeness (QED) is 0.0920. The Labute approximate surface area is 381 Å². The fourth-order valence-corrected chi connectivity index (χ4v) is 14.5. The number of rotatable bonds is 14. The molecular weight excluding hydrogens is 856 g/mol. The molecule has 19 nitrogen and oxygen atoms in total. The van der Waals surface area contributed by atoms with E-state index in [1.807, 2.05) is 6.92 Å². The summed E-state index contributed by atoms with van der Waals surface area (Å²) < 4.78 is 48.8. The molecule has 0 aromatic carbocycles. The average molecular weight is 935 g/mol. The Balaban J connectivity index is 0.880. The Morgan fingerprint density at radius 3 is 1.85 bits per heavy atom. The van der Waals surface area contributed by atoms with Crippen LogP contribution in [0.2, 0.25) is 0 Å². The number of aliphatic hydroxyl groups excluding tert-OH is 11. The minimum Gasteiger partial charge on any atom is -0.394 e. The molecule has 11 N–H and O–H groups in total. The van der Waals surface area contributed by atoms with E-state index in [0.29, 0.717) is 48.9 Å². The molecule has 8 fully saturated rings. The van der Waals surface area contributed by atoms with E-state index in [1.165, 1.54) is 0 Å². The maximum atomic E-state index is 11.2. The molecule has 4 aliphatic carbocycles. The molecule has 8 aliphatic rings. The topological polar surface area (TPSA) is 296 Å². The maximum Gasteiger partial charge on any atom is 0.187 e. The average Bonchev–Trinajstić information content (AvgIpc) is 3.76. The molecule has 0 unspecified atom stereocenters. The third-order valence-corrected chi connectivity index (χ3v) is 18.3. The van der Waals surface area contributed by atoms with E-state index in [9.17, 15) is 56.2 Å². The Morgan fingerprint density at radius 1 is 0.631 bits per heavy atom. The summed E-state index contributed by atoms with van der Waals surface area (Å²) in [4.78, 5) is 0. The predicted octanol–water partition coefficient (Wildman–Crippen LogP) is -1.13. The first kappa shape index (κ1) is 50.6. The Morgan fingerprint density at radius 2 is 1.22 bits per heavy atom. The van der Waals surface area contributed by atoms with Gasteiger partial charge < -0.3 is 94.1 Å². The predicted molar refractivity (Wildman–Crippen MR) is 224 cm³/mol. The lowest BCUT2D eigenvalue weighted by Crippen LogP contribution is -2.65. The van der Waals surface area contributed by atoms with Crippen molar-refractivity contribution in [3.63, 3.8) is 0 Å². The second kappa shape index (κ2) is 19.8. The monoisotopic (exact) mass is 935 g/mol. The van der Waals surface area contributed by atoms with Gasteiger partial charge in [0.1, 0.15) is 73.2 Å². The summed E-state index contributed by atoms with van der Waals surface area (Å²) in [5.74, 6) is 1.67. The highest BCUT2D eigenvalue weighted by Crippen LogP contribution is 2.71. The standard InChI is InChI=1S/C46H78O19/c1-20(19-59-41-38(56)35(53)32(50)28(16-47)61-41)8-13-46(58-5)21(2)31-27(65-46)15-26-24-7-6-22-14-23(9-11-44(22,3)25(24)10-12-45(26,31)4)60-43-40(37(55)34(52)30(18-49)63-43)64-42-39(57)36(54)33(51)29(17-48)62-42/h20-43,47-57H,6-19H2,1-5H3/t20-,21-,22-,23-,24+,25-,26-,27-,28+,29+,30+,31-,32+,33+,34-,35-,36-,37-,38+,39+,40+,41+,42-,43+,44-,45-,46-/m0/s1. The molecule has 376 valence electrons. The highest BCUT2D eigenvalue weighted by Gasteiger charge is 2.69. The summed E-state index contributed by atoms with van der Waals surface area (Å²) in [5, 5.41) is 113. The van der Waals surface area contributed by atoms with E-state index in [-0.39, 0.29) is 41.5 Å². The molecule has 4 aliphatic heterocycles. The van der Waals surface area contributed by atoms with Crippen LogP contribution >= 0.6 is 0 Å². The number of fused-ring (bicyclic) bond motifs is 7. The molecule has 27 atom stereocenters. The van der Waals surface area contributed by atoms with Gasteiger partial charge in [-0.1, -0.05) is 27.7 Å². The molecule has 0 spiro atoms. The fraction of sp³-hybridized carbons (Fsp3) is 1.00. The van der Waals surface area contributed by atoms with Crippen LogP contribution in [-0.4, -0.2) is 200 Å². The normalized spacial score (nSPS) is 54.9. The number of hydrogen-bond acceptors (Lipinski definition) is 19. The number of methoxy groups -OCH3 is 1. The molecule has 4 saturated heterocycles. The summed E-state index contributed by atoms with van der Waals surface area (Å²) in [6.07, 6.45) is -12.7. The van der Waals surface area contributed by atoms with Crippen LogP contribution in [0.25, 0.3) is 0 Å². The van der Waals surface area contributed by atoms with E-state index >= 15 is 0 Å². The smallest absolute Gasteiger partial charge is 0.187 e. The lowest BCUT2D eigenvalue weighted by molar-refractivity contribution is -0.373. The first-order valence-corrected chi connectivity index (χ1v) is 24.2. The van der Waals surface area contributed by atoms with Gasteiger partial charge in [0.2, 0.25) is 0 Å². The molecule has 0 aromatic heterocycles. The van der Waals surface area contributed by atoms with Crippen LogP contribution in [-0.2, 0) is 37.9 Å². The zero-order valence-electron chi connectivity index (χ0n) is 38.4. The fourth-order valence-electron chi connectivity index (χ4n) is 14.5. The van der Waals surface area contributed by atoms with E-state index in [0.717, 1.165) is 44.9 Å². The van der Waals surface area contributed by atoms with Crippen LogP contribution in [0.3, 0.4) is 0 Å². The van der Waals surface area contributed by atoms with Gasteiger partial charge in [-0.15, -0.1) is 0 Å². The van der Waals surface area contributed by atoms with Crippen molar-refractivity contribution in [3.8, 4) is 0 Å². The van der Waals surface area contributed by atoms with Crippen molar-refractivity contribution in [3.05, 3.63) is 0 Å². The van der Waals surface area contributed by atoms with Crippen molar-refractivity contribution in [1.82, 2.24) is 0 Å². The summed E-state index contributed by atoms with van der Waals surface area (Å²) in [7, 11) is 1.73. The van der Waals surface area contributed by atoms with Gasteiger partial charge in [-0.2, -0.15) is 0 Å². The summed E-state index contributed by atoms with van der Waals surface area (Å²) in [6.45, 7) is 7.69. The molecule has 8 rings (SSSR count). The van der Waals surface area contributed by atoms with Gasteiger partial charge in [0.05, 0.1) is 38.6 Å². The minimum atomic E-state index is -1.74. The Hall–Kier alpha value is -0.760. The Bertz CT molecular complexity index is 1580. The van der Waals surface area contributed by atoms with E-state index < -0.39 is 118 Å². The second-order valence-corrected chi connectivity index (χ2v) is 21.6. The van der Waals surface area contributed by atoms with Crippen LogP contribution in [0, 0.1) is 52.3 Å². The number of hydrogen-bond donors (Lipinski definition) is 11. The highest BCUT2D eigenvalue weighted by molar-refractivity contribution is 5.15. The minimum absolute atomic E-state index is 0.0271. The Kier molecular flexibility index (Phi) is 15.4. The maximum absolute atomic E-state index is 11.2. The van der Waals surface area contributed by atoms with E-state index in [2.05, 4.69) is 20.8 Å². The number of ether oxygens (including phenoxy) is 8. The largest absolute Gasteiger partial charge is 0.394 e. The molecule has 0 radical (unpaired) electrons. The molecule has 0 aromatic rings. The molecule has 4 heterocycles. The molecule has 4 saturated carbocycles. The van der Waals surface area contributed by atoms with Crippen LogP contribution in [0.1, 0.15) is 91.9 Å². The third kappa shape index (κ3) is 8.90. The lowest BCUT2D eigenvalue weighted by Gasteiger charge is -2.61. The SMILES string of the molecule is CO[C@@]1(CC[C@H](C)CO[C@@H]2O[C@H](CO)[C@@H](O)[C@H](O)[C@H]2O)O[C@H]2C[C@H]3[C@@H]4CC[C@H]5C[C@@H](O[C@@H]6O[C@H](CO)[C@H](O)[C@H](O)[C@H]6O[C@@H]6O[C@H](CO)[C@@H](O)[C@H](O)[C@H]6O)CC[C@]5(C)[C@H]4CC[C@]3(C)[C@H]2[C@@H]1C. The van der Waals surface area contributed by atoms with Gasteiger partial charge in [0.15, 0.2) is 24.7 Å². The van der Waals surface area contributed by atoms with Gasteiger partial charge in [0, 0.05) is 19.4 Å². The first-order valence-electron chi connectivity index (χ1n) is 24.2. The molecule has 65 heavy (non-hydrogen) atoms. The molecule has 0 bridgehead atoms. The van der Waals surface area contributed by atoms with Crippen LogP contribution in [0.4, 0.5) is 0 Å². The molecular formula is C46H78O19. The van der Waals surface area contributed by atoms with Crippen molar-refractivity contribution in [2.75, 3.05) is 33.5 Å². The zero-order valence-corrected chi connectivity index (χ0v) is 38.4. The van der Waals surface area contributed by atoms with Crippen molar-refractivity contribution in [2.24, 2.45) is 52.3 Å². The van der Waals surface area contributed by atoms with Crippen molar-refractivity contribution in [1.29, 1.82) is 0 Å². The zero-order chi connectivity index (χ0) is 46.9. The summed E-state index contributed by atoms with van der Waals surface area (Å²) >= 11 is 0. The van der Waals surface area contributed by atoms with Gasteiger partial charge in [-0.05, 0) is 104 Å². The van der Waals surface area contributed by atoms with Gasteiger partial charge >= 0.3 is 0 Å². The summed E-state index contributed by atoms with van der Waals surface area (Å²) in [6, 6.07) is 0.